The van der Waals surface area contributed by atoms with Gasteiger partial charge in [0.1, 0.15) is 11.9 Å². The molecule has 2 N–H and O–H groups in total. The van der Waals surface area contributed by atoms with Crippen LogP contribution in [0.15, 0.2) is 59.5 Å². The minimum atomic E-state index is -3.73. The van der Waals surface area contributed by atoms with Gasteiger partial charge in [0, 0.05) is 29.0 Å². The van der Waals surface area contributed by atoms with E-state index in [9.17, 15) is 22.4 Å². The van der Waals surface area contributed by atoms with Crippen LogP contribution in [0.25, 0.3) is 11.1 Å². The number of nitrogens with one attached hydrogen (secondary N) is 2. The summed E-state index contributed by atoms with van der Waals surface area (Å²) in [5.41, 5.74) is -0.784. The Morgan fingerprint density at radius 3 is 2.46 bits per heavy atom. The summed E-state index contributed by atoms with van der Waals surface area (Å²) < 4.78 is 68.6. The summed E-state index contributed by atoms with van der Waals surface area (Å²) in [6.07, 6.45) is 1.56. The molecule has 1 heterocycles. The first-order valence-corrected chi connectivity index (χ1v) is 13.4. The van der Waals surface area contributed by atoms with Gasteiger partial charge >= 0.3 is 6.03 Å². The molecule has 3 aromatic rings. The average Bonchev–Trinajstić information content (AvgIpc) is 2.84. The number of carbonyl (C=O) groups is 2. The van der Waals surface area contributed by atoms with Crippen LogP contribution in [-0.2, 0) is 14.6 Å². The largest absolute Gasteiger partial charge is 0.326 e. The molecule has 1 fully saturated rings. The van der Waals surface area contributed by atoms with Crippen molar-refractivity contribution in [3.63, 3.8) is 0 Å². The van der Waals surface area contributed by atoms with Gasteiger partial charge in [-0.25, -0.2) is 26.4 Å². The number of hydrogen-bond donors (Lipinski definition) is 2. The maximum Gasteiger partial charge on any atom is 0.319 e. The van der Waals surface area contributed by atoms with Crippen molar-refractivity contribution < 1.29 is 31.2 Å². The molecule has 1 aliphatic rings. The van der Waals surface area contributed by atoms with Gasteiger partial charge in [-0.15, -0.1) is 0 Å². The highest BCUT2D eigenvalue weighted by Crippen LogP contribution is 2.35. The van der Waals surface area contributed by atoms with Gasteiger partial charge in [-0.1, -0.05) is 29.8 Å². The Hall–Kier alpha value is -3.57. The Bertz CT molecular complexity index is 1500. The number of nitrogens with zero attached hydrogens (tertiary/aromatic N) is 1. The summed E-state index contributed by atoms with van der Waals surface area (Å²) in [6, 6.07) is 9.74. The van der Waals surface area contributed by atoms with Crippen molar-refractivity contribution in [3.05, 3.63) is 77.1 Å². The molecule has 7 nitrogen and oxygen atoms in total. The number of sulfone groups is 1. The fourth-order valence-electron chi connectivity index (χ4n) is 4.12. The fourth-order valence-corrected chi connectivity index (χ4v) is 5.19. The molecule has 0 aromatic heterocycles. The summed E-state index contributed by atoms with van der Waals surface area (Å²) in [5.74, 6) is -4.09. The molecule has 194 valence electrons. The van der Waals surface area contributed by atoms with E-state index in [0.29, 0.717) is 6.42 Å². The van der Waals surface area contributed by atoms with Crippen LogP contribution in [0.3, 0.4) is 0 Å². The van der Waals surface area contributed by atoms with Crippen molar-refractivity contribution in [1.29, 1.82) is 0 Å². The van der Waals surface area contributed by atoms with Gasteiger partial charge in [0.25, 0.3) is 0 Å². The molecular weight excluding hydrogens is 531 g/mol. The van der Waals surface area contributed by atoms with Crippen LogP contribution < -0.4 is 15.5 Å². The SMILES string of the molecule is CS(=O)(=O)c1ccccc1-c1ccc(N2CCC[C@@H](NC(=O)Nc3ccc(Cl)cc3F)C2=O)c(F)c1F. The number of rotatable bonds is 5. The van der Waals surface area contributed by atoms with Crippen molar-refractivity contribution in [2.24, 2.45) is 0 Å². The van der Waals surface area contributed by atoms with Crippen LogP contribution in [-0.4, -0.2) is 39.2 Å². The Kier molecular flexibility index (Phi) is 7.47. The lowest BCUT2D eigenvalue weighted by Crippen LogP contribution is -2.53. The quantitative estimate of drug-likeness (QED) is 0.459. The molecule has 1 aliphatic heterocycles. The summed E-state index contributed by atoms with van der Waals surface area (Å²) >= 11 is 5.70. The third-order valence-corrected chi connectivity index (χ3v) is 7.24. The minimum absolute atomic E-state index is 0.0106. The highest BCUT2D eigenvalue weighted by Gasteiger charge is 2.33. The Labute approximate surface area is 216 Å². The molecule has 1 atom stereocenters. The lowest BCUT2D eigenvalue weighted by atomic mass is 10.0. The van der Waals surface area contributed by atoms with Crippen LogP contribution in [0.5, 0.6) is 0 Å². The lowest BCUT2D eigenvalue weighted by molar-refractivity contribution is -0.121. The number of anilines is 2. The molecule has 3 aromatic carbocycles. The molecule has 37 heavy (non-hydrogen) atoms. The van der Waals surface area contributed by atoms with E-state index in [1.807, 2.05) is 0 Å². The second-order valence-corrected chi connectivity index (χ2v) is 10.9. The average molecular weight is 552 g/mol. The first kappa shape index (κ1) is 26.5. The minimum Gasteiger partial charge on any atom is -0.326 e. The second kappa shape index (κ2) is 10.4. The van der Waals surface area contributed by atoms with Gasteiger partial charge in [-0.05, 0) is 49.2 Å². The third kappa shape index (κ3) is 5.57. The normalized spacial score (nSPS) is 16.0. The molecular formula is C25H21ClF3N3O4S. The van der Waals surface area contributed by atoms with Gasteiger partial charge in [0.05, 0.1) is 16.3 Å². The highest BCUT2D eigenvalue weighted by molar-refractivity contribution is 7.90. The smallest absolute Gasteiger partial charge is 0.319 e. The Balaban J connectivity index is 1.57. The topological polar surface area (TPSA) is 95.6 Å². The Morgan fingerprint density at radius 1 is 1.03 bits per heavy atom. The number of carbonyl (C=O) groups excluding carboxylic acids is 2. The van der Waals surface area contributed by atoms with Gasteiger partial charge in [-0.3, -0.25) is 4.79 Å². The summed E-state index contributed by atoms with van der Waals surface area (Å²) in [6.45, 7) is 0.0695. The predicted octanol–water partition coefficient (Wildman–Crippen LogP) is 5.14. The van der Waals surface area contributed by atoms with E-state index in [1.165, 1.54) is 48.5 Å². The molecule has 1 saturated heterocycles. The zero-order chi connectivity index (χ0) is 26.9. The number of urea groups is 1. The fraction of sp³-hybridized carbons (Fsp3) is 0.200. The molecule has 0 radical (unpaired) electrons. The van der Waals surface area contributed by atoms with Crippen molar-refractivity contribution >= 4 is 44.8 Å². The predicted molar refractivity (Wildman–Crippen MR) is 134 cm³/mol. The maximum absolute atomic E-state index is 15.2. The number of halogens is 4. The molecule has 4 rings (SSSR count). The first-order valence-electron chi connectivity index (χ1n) is 11.1. The number of amides is 3. The molecule has 0 bridgehead atoms. The highest BCUT2D eigenvalue weighted by atomic mass is 35.5. The zero-order valence-electron chi connectivity index (χ0n) is 19.4. The van der Waals surface area contributed by atoms with Gasteiger partial charge in [0.15, 0.2) is 21.5 Å². The van der Waals surface area contributed by atoms with E-state index in [0.717, 1.165) is 17.2 Å². The number of piperidine rings is 1. The molecule has 12 heteroatoms. The summed E-state index contributed by atoms with van der Waals surface area (Å²) in [4.78, 5) is 26.3. The molecule has 3 amide bonds. The van der Waals surface area contributed by atoms with E-state index in [4.69, 9.17) is 11.6 Å². The number of benzene rings is 3. The Morgan fingerprint density at radius 2 is 1.76 bits per heavy atom. The van der Waals surface area contributed by atoms with Gasteiger partial charge in [0.2, 0.25) is 5.91 Å². The second-order valence-electron chi connectivity index (χ2n) is 8.44. The lowest BCUT2D eigenvalue weighted by Gasteiger charge is -2.33. The number of hydrogen-bond acceptors (Lipinski definition) is 4. The van der Waals surface area contributed by atoms with E-state index < -0.39 is 45.3 Å². The zero-order valence-corrected chi connectivity index (χ0v) is 21.0. The van der Waals surface area contributed by atoms with E-state index >= 15 is 8.78 Å². The monoisotopic (exact) mass is 551 g/mol. The third-order valence-electron chi connectivity index (χ3n) is 5.85. The molecule has 0 unspecified atom stereocenters. The standard InChI is InChI=1S/C25H21ClF3N3O4S/c1-37(35,36)21-7-3-2-5-15(21)16-9-11-20(23(29)22(16)28)32-12-4-6-19(24(32)33)31-25(34)30-18-10-8-14(26)13-17(18)27/h2-3,5,7-11,13,19H,4,6,12H2,1H3,(H2,30,31,34)/t19-/m1/s1. The van der Waals surface area contributed by atoms with Crippen molar-refractivity contribution in [2.45, 2.75) is 23.8 Å². The molecule has 0 saturated carbocycles. The van der Waals surface area contributed by atoms with Crippen molar-refractivity contribution in [2.75, 3.05) is 23.0 Å². The van der Waals surface area contributed by atoms with E-state index in [-0.39, 0.29) is 45.4 Å². The van der Waals surface area contributed by atoms with Crippen LogP contribution >= 0.6 is 11.6 Å². The van der Waals surface area contributed by atoms with E-state index in [2.05, 4.69) is 10.6 Å². The summed E-state index contributed by atoms with van der Waals surface area (Å²) in [5, 5.41) is 4.86. The van der Waals surface area contributed by atoms with Crippen LogP contribution in [0.2, 0.25) is 5.02 Å². The first-order chi connectivity index (χ1) is 17.5. The summed E-state index contributed by atoms with van der Waals surface area (Å²) in [7, 11) is -3.73. The van der Waals surface area contributed by atoms with Crippen LogP contribution in [0.4, 0.5) is 29.3 Å². The maximum atomic E-state index is 15.2. The molecule has 0 spiro atoms. The molecule has 0 aliphatic carbocycles. The van der Waals surface area contributed by atoms with Crippen LogP contribution in [0, 0.1) is 17.5 Å². The van der Waals surface area contributed by atoms with E-state index in [1.54, 1.807) is 0 Å². The van der Waals surface area contributed by atoms with Gasteiger partial charge in [-0.2, -0.15) is 0 Å². The van der Waals surface area contributed by atoms with Gasteiger partial charge < -0.3 is 15.5 Å². The van der Waals surface area contributed by atoms with Crippen molar-refractivity contribution in [1.82, 2.24) is 5.32 Å². The van der Waals surface area contributed by atoms with Crippen molar-refractivity contribution in [3.8, 4) is 11.1 Å². The van der Waals surface area contributed by atoms with Crippen LogP contribution in [0.1, 0.15) is 12.8 Å².